The molecule has 2 rings (SSSR count). The first kappa shape index (κ1) is 14.5. The van der Waals surface area contributed by atoms with E-state index in [1.54, 1.807) is 12.1 Å². The van der Waals surface area contributed by atoms with Crippen molar-refractivity contribution in [3.05, 3.63) is 58.5 Å². The van der Waals surface area contributed by atoms with Crippen molar-refractivity contribution in [1.82, 2.24) is 5.32 Å². The predicted octanol–water partition coefficient (Wildman–Crippen LogP) is 2.04. The number of nitro benzene ring substituents is 1. The number of hydrogen-bond acceptors (Lipinski definition) is 5. The standard InChI is InChI=1S/C13H13N3O5/c17-11(12-2-1-7-21-12)8-14-13(18)15-9-3-5-10(6-4-9)16(19)20/h1-7,11,17H,8H2,(H2,14,15,18). The number of nitrogens with zero attached hydrogens (tertiary/aromatic N) is 1. The molecule has 1 atom stereocenters. The normalized spacial score (nSPS) is 11.7. The molecule has 0 spiro atoms. The summed E-state index contributed by atoms with van der Waals surface area (Å²) in [6.45, 7) is -0.0215. The number of aliphatic hydroxyl groups is 1. The number of rotatable bonds is 5. The second-order valence-corrected chi connectivity index (χ2v) is 4.17. The van der Waals surface area contributed by atoms with Gasteiger partial charge in [0.1, 0.15) is 11.9 Å². The molecule has 0 aliphatic heterocycles. The fourth-order valence-corrected chi connectivity index (χ4v) is 1.61. The lowest BCUT2D eigenvalue weighted by molar-refractivity contribution is -0.384. The Bertz CT molecular complexity index is 609. The maximum absolute atomic E-state index is 11.6. The molecule has 110 valence electrons. The number of nitro groups is 1. The number of urea groups is 1. The first-order chi connectivity index (χ1) is 10.1. The first-order valence-corrected chi connectivity index (χ1v) is 6.07. The van der Waals surface area contributed by atoms with E-state index in [2.05, 4.69) is 10.6 Å². The second-order valence-electron chi connectivity index (χ2n) is 4.17. The molecule has 0 saturated heterocycles. The number of hydrogen-bond donors (Lipinski definition) is 3. The van der Waals surface area contributed by atoms with E-state index in [0.717, 1.165) is 0 Å². The van der Waals surface area contributed by atoms with Crippen molar-refractivity contribution < 1.29 is 19.2 Å². The summed E-state index contributed by atoms with van der Waals surface area (Å²) in [6.07, 6.45) is 0.484. The van der Waals surface area contributed by atoms with Crippen molar-refractivity contribution in [2.75, 3.05) is 11.9 Å². The van der Waals surface area contributed by atoms with Gasteiger partial charge in [0.15, 0.2) is 0 Å². The Morgan fingerprint density at radius 3 is 2.62 bits per heavy atom. The fraction of sp³-hybridized carbons (Fsp3) is 0.154. The van der Waals surface area contributed by atoms with Crippen LogP contribution in [0.4, 0.5) is 16.2 Å². The Morgan fingerprint density at radius 1 is 1.33 bits per heavy atom. The highest BCUT2D eigenvalue weighted by Crippen LogP contribution is 2.15. The van der Waals surface area contributed by atoms with Crippen LogP contribution in [-0.2, 0) is 0 Å². The number of benzene rings is 1. The molecular formula is C13H13N3O5. The van der Waals surface area contributed by atoms with Gasteiger partial charge in [0.2, 0.25) is 0 Å². The van der Waals surface area contributed by atoms with Crippen LogP contribution in [0.2, 0.25) is 0 Å². The Kier molecular flexibility index (Phi) is 4.52. The van der Waals surface area contributed by atoms with E-state index in [4.69, 9.17) is 4.42 Å². The molecule has 0 radical (unpaired) electrons. The van der Waals surface area contributed by atoms with Crippen LogP contribution >= 0.6 is 0 Å². The maximum atomic E-state index is 11.6. The largest absolute Gasteiger partial charge is 0.467 e. The van der Waals surface area contributed by atoms with Gasteiger partial charge in [-0.15, -0.1) is 0 Å². The van der Waals surface area contributed by atoms with Crippen molar-refractivity contribution in [1.29, 1.82) is 0 Å². The number of furan rings is 1. The number of aliphatic hydroxyl groups excluding tert-OH is 1. The molecule has 8 heteroatoms. The Hall–Kier alpha value is -2.87. The molecule has 3 N–H and O–H groups in total. The van der Waals surface area contributed by atoms with Crippen LogP contribution in [0, 0.1) is 10.1 Å². The molecule has 8 nitrogen and oxygen atoms in total. The molecule has 2 amide bonds. The summed E-state index contributed by atoms with van der Waals surface area (Å²) in [4.78, 5) is 21.6. The van der Waals surface area contributed by atoms with Crippen LogP contribution in [0.25, 0.3) is 0 Å². The molecule has 0 bridgehead atoms. The fourth-order valence-electron chi connectivity index (χ4n) is 1.61. The SMILES string of the molecule is O=C(NCC(O)c1ccco1)Nc1ccc([N+](=O)[O-])cc1. The second kappa shape index (κ2) is 6.53. The number of amides is 2. The molecule has 1 aromatic heterocycles. The summed E-state index contributed by atoms with van der Waals surface area (Å²) >= 11 is 0. The zero-order valence-electron chi connectivity index (χ0n) is 10.9. The van der Waals surface area contributed by atoms with Gasteiger partial charge in [-0.25, -0.2) is 4.79 Å². The summed E-state index contributed by atoms with van der Waals surface area (Å²) in [7, 11) is 0. The lowest BCUT2D eigenvalue weighted by atomic mass is 10.3. The molecule has 2 aromatic rings. The Labute approximate surface area is 119 Å². The first-order valence-electron chi connectivity index (χ1n) is 6.07. The molecule has 1 aromatic carbocycles. The molecule has 0 fully saturated rings. The van der Waals surface area contributed by atoms with Crippen molar-refractivity contribution >= 4 is 17.4 Å². The summed E-state index contributed by atoms with van der Waals surface area (Å²) in [5.41, 5.74) is 0.347. The summed E-state index contributed by atoms with van der Waals surface area (Å²) in [5, 5.41) is 25.2. The van der Waals surface area contributed by atoms with Crippen LogP contribution in [0.5, 0.6) is 0 Å². The predicted molar refractivity (Wildman–Crippen MR) is 73.8 cm³/mol. The van der Waals surface area contributed by atoms with Crippen LogP contribution in [0.3, 0.4) is 0 Å². The zero-order valence-corrected chi connectivity index (χ0v) is 10.9. The van der Waals surface area contributed by atoms with Crippen LogP contribution in [0.1, 0.15) is 11.9 Å². The topological polar surface area (TPSA) is 118 Å². The van der Waals surface area contributed by atoms with Crippen LogP contribution in [0.15, 0.2) is 47.1 Å². The molecule has 1 heterocycles. The quantitative estimate of drug-likeness (QED) is 0.575. The highest BCUT2D eigenvalue weighted by molar-refractivity contribution is 5.89. The van der Waals surface area contributed by atoms with Crippen LogP contribution < -0.4 is 10.6 Å². The number of nitrogens with one attached hydrogen (secondary N) is 2. The van der Waals surface area contributed by atoms with Gasteiger partial charge in [0, 0.05) is 17.8 Å². The lowest BCUT2D eigenvalue weighted by Gasteiger charge is -2.10. The lowest BCUT2D eigenvalue weighted by Crippen LogP contribution is -2.32. The van der Waals surface area contributed by atoms with Gasteiger partial charge in [-0.2, -0.15) is 0 Å². The Balaban J connectivity index is 1.83. The summed E-state index contributed by atoms with van der Waals surface area (Å²) < 4.78 is 5.00. The molecule has 1 unspecified atom stereocenters. The van der Waals surface area contributed by atoms with Gasteiger partial charge in [0.25, 0.3) is 5.69 Å². The number of carbonyl (C=O) groups is 1. The van der Waals surface area contributed by atoms with E-state index < -0.39 is 17.1 Å². The smallest absolute Gasteiger partial charge is 0.319 e. The monoisotopic (exact) mass is 291 g/mol. The zero-order chi connectivity index (χ0) is 15.2. The maximum Gasteiger partial charge on any atom is 0.319 e. The summed E-state index contributed by atoms with van der Waals surface area (Å²) in [6, 6.07) is 8.10. The molecular weight excluding hydrogens is 278 g/mol. The van der Waals surface area contributed by atoms with Gasteiger partial charge in [-0.3, -0.25) is 10.1 Å². The average molecular weight is 291 g/mol. The number of non-ortho nitro benzene ring substituents is 1. The van der Waals surface area contributed by atoms with Gasteiger partial charge in [-0.1, -0.05) is 0 Å². The van der Waals surface area contributed by atoms with E-state index in [-0.39, 0.29) is 12.2 Å². The van der Waals surface area contributed by atoms with E-state index in [1.807, 2.05) is 0 Å². The molecule has 21 heavy (non-hydrogen) atoms. The van der Waals surface area contributed by atoms with Crippen molar-refractivity contribution in [3.8, 4) is 0 Å². The van der Waals surface area contributed by atoms with Gasteiger partial charge < -0.3 is 20.2 Å². The van der Waals surface area contributed by atoms with Gasteiger partial charge in [0.05, 0.1) is 17.7 Å². The van der Waals surface area contributed by atoms with Crippen molar-refractivity contribution in [2.45, 2.75) is 6.10 Å². The molecule has 0 aliphatic rings. The molecule has 0 saturated carbocycles. The Morgan fingerprint density at radius 2 is 2.05 bits per heavy atom. The average Bonchev–Trinajstić information content (AvgIpc) is 2.99. The van der Waals surface area contributed by atoms with E-state index in [1.165, 1.54) is 30.5 Å². The van der Waals surface area contributed by atoms with E-state index in [9.17, 15) is 20.0 Å². The third-order valence-electron chi connectivity index (χ3n) is 2.66. The van der Waals surface area contributed by atoms with Gasteiger partial charge in [-0.05, 0) is 24.3 Å². The van der Waals surface area contributed by atoms with Crippen molar-refractivity contribution in [3.63, 3.8) is 0 Å². The minimum absolute atomic E-state index is 0.0215. The van der Waals surface area contributed by atoms with Crippen molar-refractivity contribution in [2.24, 2.45) is 0 Å². The third kappa shape index (κ3) is 4.05. The van der Waals surface area contributed by atoms with Crippen LogP contribution in [-0.4, -0.2) is 22.6 Å². The molecule has 0 aliphatic carbocycles. The summed E-state index contributed by atoms with van der Waals surface area (Å²) in [5.74, 6) is 0.352. The van der Waals surface area contributed by atoms with Gasteiger partial charge >= 0.3 is 6.03 Å². The third-order valence-corrected chi connectivity index (χ3v) is 2.66. The van der Waals surface area contributed by atoms with E-state index in [0.29, 0.717) is 11.4 Å². The minimum Gasteiger partial charge on any atom is -0.467 e. The number of anilines is 1. The van der Waals surface area contributed by atoms with E-state index >= 15 is 0 Å². The highest BCUT2D eigenvalue weighted by Gasteiger charge is 2.12. The highest BCUT2D eigenvalue weighted by atomic mass is 16.6. The number of carbonyl (C=O) groups excluding carboxylic acids is 1. The minimum atomic E-state index is -0.942.